The maximum Gasteiger partial charge on any atom is 0.408 e. The zero-order valence-electron chi connectivity index (χ0n) is 11.1. The molecule has 0 aliphatic heterocycles. The standard InChI is InChI=1S/C13H16BrN3O2/c1-13(2,3)19-12(18)15-8-10-16-11(14)9-6-4-5-7-17(9)10/h4-7H,8H2,1-3H3,(H,15,18). The second kappa shape index (κ2) is 5.21. The lowest BCUT2D eigenvalue weighted by molar-refractivity contribution is 0.0522. The first kappa shape index (κ1) is 13.9. The number of imidazole rings is 1. The molecule has 0 aliphatic rings. The van der Waals surface area contributed by atoms with Crippen LogP contribution in [0.2, 0.25) is 0 Å². The van der Waals surface area contributed by atoms with Crippen LogP contribution in [0.3, 0.4) is 0 Å². The molecule has 2 rings (SSSR count). The average molecular weight is 326 g/mol. The molecule has 1 amide bonds. The Hall–Kier alpha value is -1.56. The molecule has 0 spiro atoms. The zero-order chi connectivity index (χ0) is 14.0. The van der Waals surface area contributed by atoms with Gasteiger partial charge in [-0.3, -0.25) is 0 Å². The molecular weight excluding hydrogens is 310 g/mol. The lowest BCUT2D eigenvalue weighted by Crippen LogP contribution is -2.32. The van der Waals surface area contributed by atoms with E-state index in [2.05, 4.69) is 26.2 Å². The summed E-state index contributed by atoms with van der Waals surface area (Å²) in [5.41, 5.74) is 0.461. The highest BCUT2D eigenvalue weighted by molar-refractivity contribution is 9.10. The summed E-state index contributed by atoms with van der Waals surface area (Å²) in [5.74, 6) is 0.744. The normalized spacial score (nSPS) is 11.6. The third kappa shape index (κ3) is 3.47. The van der Waals surface area contributed by atoms with E-state index >= 15 is 0 Å². The van der Waals surface area contributed by atoms with Gasteiger partial charge < -0.3 is 14.5 Å². The van der Waals surface area contributed by atoms with Crippen LogP contribution in [0.15, 0.2) is 29.0 Å². The van der Waals surface area contributed by atoms with Gasteiger partial charge in [0.25, 0.3) is 0 Å². The highest BCUT2D eigenvalue weighted by atomic mass is 79.9. The minimum absolute atomic E-state index is 0.311. The molecule has 102 valence electrons. The fourth-order valence-electron chi connectivity index (χ4n) is 1.65. The van der Waals surface area contributed by atoms with Crippen molar-refractivity contribution in [3.63, 3.8) is 0 Å². The zero-order valence-corrected chi connectivity index (χ0v) is 12.7. The second-order valence-electron chi connectivity index (χ2n) is 5.13. The topological polar surface area (TPSA) is 55.6 Å². The highest BCUT2D eigenvalue weighted by Crippen LogP contribution is 2.18. The van der Waals surface area contributed by atoms with E-state index in [1.54, 1.807) is 0 Å². The van der Waals surface area contributed by atoms with Gasteiger partial charge in [-0.05, 0) is 48.8 Å². The molecule has 0 fully saturated rings. The fourth-order valence-corrected chi connectivity index (χ4v) is 2.18. The quantitative estimate of drug-likeness (QED) is 0.922. The number of hydrogen-bond acceptors (Lipinski definition) is 3. The number of pyridine rings is 1. The van der Waals surface area contributed by atoms with Gasteiger partial charge in [-0.1, -0.05) is 6.07 Å². The number of carbonyl (C=O) groups excluding carboxylic acids is 1. The molecular formula is C13H16BrN3O2. The van der Waals surface area contributed by atoms with Crippen molar-refractivity contribution in [2.75, 3.05) is 0 Å². The lowest BCUT2D eigenvalue weighted by Gasteiger charge is -2.19. The van der Waals surface area contributed by atoms with Crippen LogP contribution in [-0.2, 0) is 11.3 Å². The van der Waals surface area contributed by atoms with E-state index in [0.29, 0.717) is 6.54 Å². The average Bonchev–Trinajstić information content (AvgIpc) is 2.62. The molecule has 1 N–H and O–H groups in total. The number of nitrogens with zero attached hydrogens (tertiary/aromatic N) is 2. The van der Waals surface area contributed by atoms with Crippen LogP contribution in [0, 0.1) is 0 Å². The maximum absolute atomic E-state index is 11.6. The number of ether oxygens (including phenoxy) is 1. The smallest absolute Gasteiger partial charge is 0.408 e. The van der Waals surface area contributed by atoms with E-state index in [9.17, 15) is 4.79 Å². The van der Waals surface area contributed by atoms with Crippen molar-refractivity contribution < 1.29 is 9.53 Å². The number of amides is 1. The minimum Gasteiger partial charge on any atom is -0.444 e. The molecule has 2 aromatic rings. The molecule has 0 bridgehead atoms. The predicted octanol–water partition coefficient (Wildman–Crippen LogP) is 3.12. The SMILES string of the molecule is CC(C)(C)OC(=O)NCc1nc(Br)c2ccccn12. The Labute approximate surface area is 120 Å². The highest BCUT2D eigenvalue weighted by Gasteiger charge is 2.16. The molecule has 0 saturated carbocycles. The van der Waals surface area contributed by atoms with Gasteiger partial charge in [-0.15, -0.1) is 0 Å². The van der Waals surface area contributed by atoms with Gasteiger partial charge in [0.1, 0.15) is 16.0 Å². The number of fused-ring (bicyclic) bond motifs is 1. The van der Waals surface area contributed by atoms with E-state index < -0.39 is 11.7 Å². The summed E-state index contributed by atoms with van der Waals surface area (Å²) in [4.78, 5) is 16.0. The van der Waals surface area contributed by atoms with Crippen LogP contribution < -0.4 is 5.32 Å². The summed E-state index contributed by atoms with van der Waals surface area (Å²) >= 11 is 3.40. The minimum atomic E-state index is -0.501. The Balaban J connectivity index is 2.08. The number of carbonyl (C=O) groups is 1. The lowest BCUT2D eigenvalue weighted by atomic mass is 10.2. The molecule has 0 saturated heterocycles. The van der Waals surface area contributed by atoms with Crippen LogP contribution >= 0.6 is 15.9 Å². The van der Waals surface area contributed by atoms with E-state index in [-0.39, 0.29) is 0 Å². The molecule has 0 aromatic carbocycles. The van der Waals surface area contributed by atoms with Crippen molar-refractivity contribution in [1.82, 2.24) is 14.7 Å². The van der Waals surface area contributed by atoms with Gasteiger partial charge in [-0.25, -0.2) is 9.78 Å². The van der Waals surface area contributed by atoms with Gasteiger partial charge in [0.05, 0.1) is 12.1 Å². The fraction of sp³-hybridized carbons (Fsp3) is 0.385. The van der Waals surface area contributed by atoms with Crippen LogP contribution in [0.5, 0.6) is 0 Å². The molecule has 0 atom stereocenters. The molecule has 2 aromatic heterocycles. The molecule has 5 nitrogen and oxygen atoms in total. The van der Waals surface area contributed by atoms with Crippen molar-refractivity contribution in [3.05, 3.63) is 34.8 Å². The number of hydrogen-bond donors (Lipinski definition) is 1. The Morgan fingerprint density at radius 3 is 2.89 bits per heavy atom. The summed E-state index contributed by atoms with van der Waals surface area (Å²) in [7, 11) is 0. The Kier molecular flexibility index (Phi) is 3.80. The van der Waals surface area contributed by atoms with Crippen LogP contribution in [0.25, 0.3) is 5.52 Å². The Morgan fingerprint density at radius 2 is 2.21 bits per heavy atom. The summed E-state index contributed by atoms with van der Waals surface area (Å²) in [6, 6.07) is 5.80. The summed E-state index contributed by atoms with van der Waals surface area (Å²) in [6.45, 7) is 5.79. The van der Waals surface area contributed by atoms with E-state index in [1.165, 1.54) is 0 Å². The van der Waals surface area contributed by atoms with Crippen molar-refractivity contribution in [2.45, 2.75) is 32.9 Å². The molecule has 19 heavy (non-hydrogen) atoms. The third-order valence-corrected chi connectivity index (χ3v) is 2.95. The predicted molar refractivity (Wildman–Crippen MR) is 76.0 cm³/mol. The molecule has 0 radical (unpaired) electrons. The van der Waals surface area contributed by atoms with Gasteiger partial charge in [0, 0.05) is 6.20 Å². The van der Waals surface area contributed by atoms with Crippen molar-refractivity contribution in [1.29, 1.82) is 0 Å². The van der Waals surface area contributed by atoms with Gasteiger partial charge in [0.2, 0.25) is 0 Å². The van der Waals surface area contributed by atoms with Crippen molar-refractivity contribution in [2.24, 2.45) is 0 Å². The van der Waals surface area contributed by atoms with Crippen LogP contribution in [0.4, 0.5) is 4.79 Å². The van der Waals surface area contributed by atoms with Crippen molar-refractivity contribution in [3.8, 4) is 0 Å². The van der Waals surface area contributed by atoms with E-state index in [1.807, 2.05) is 49.6 Å². The number of halogens is 1. The number of aromatic nitrogens is 2. The van der Waals surface area contributed by atoms with Crippen molar-refractivity contribution >= 4 is 27.5 Å². The molecule has 0 unspecified atom stereocenters. The van der Waals surface area contributed by atoms with Gasteiger partial charge in [-0.2, -0.15) is 0 Å². The largest absolute Gasteiger partial charge is 0.444 e. The second-order valence-corrected chi connectivity index (χ2v) is 5.88. The van der Waals surface area contributed by atoms with Crippen LogP contribution in [-0.4, -0.2) is 21.1 Å². The molecule has 0 aliphatic carbocycles. The monoisotopic (exact) mass is 325 g/mol. The molecule has 2 heterocycles. The van der Waals surface area contributed by atoms with Gasteiger partial charge in [0.15, 0.2) is 0 Å². The number of alkyl carbamates (subject to hydrolysis) is 1. The first-order valence-corrected chi connectivity index (χ1v) is 6.74. The summed E-state index contributed by atoms with van der Waals surface area (Å²) in [6.07, 6.45) is 1.45. The van der Waals surface area contributed by atoms with Crippen LogP contribution in [0.1, 0.15) is 26.6 Å². The molecule has 6 heteroatoms. The number of nitrogens with one attached hydrogen (secondary N) is 1. The first-order chi connectivity index (χ1) is 8.87. The van der Waals surface area contributed by atoms with Gasteiger partial charge >= 0.3 is 6.09 Å². The Bertz CT molecular complexity index is 601. The number of rotatable bonds is 2. The summed E-state index contributed by atoms with van der Waals surface area (Å²) < 4.78 is 7.86. The first-order valence-electron chi connectivity index (χ1n) is 5.95. The summed E-state index contributed by atoms with van der Waals surface area (Å²) in [5, 5.41) is 2.70. The maximum atomic E-state index is 11.6. The Morgan fingerprint density at radius 1 is 1.47 bits per heavy atom. The van der Waals surface area contributed by atoms with E-state index in [4.69, 9.17) is 4.74 Å². The third-order valence-electron chi connectivity index (χ3n) is 2.37. The van der Waals surface area contributed by atoms with E-state index in [0.717, 1.165) is 15.9 Å².